The van der Waals surface area contributed by atoms with Gasteiger partial charge in [0.1, 0.15) is 0 Å². The number of rotatable bonds is 2. The van der Waals surface area contributed by atoms with Crippen LogP contribution in [-0.2, 0) is 0 Å². The highest BCUT2D eigenvalue weighted by Gasteiger charge is 1.91. The van der Waals surface area contributed by atoms with E-state index in [4.69, 9.17) is 0 Å². The van der Waals surface area contributed by atoms with E-state index in [0.717, 1.165) is 11.4 Å². The van der Waals surface area contributed by atoms with Gasteiger partial charge in [0.05, 0.1) is 0 Å². The Balaban J connectivity index is 2.75. The summed E-state index contributed by atoms with van der Waals surface area (Å²) in [5, 5.41) is 0. The summed E-state index contributed by atoms with van der Waals surface area (Å²) in [6, 6.07) is 5.11. The molecule has 1 aromatic rings. The second-order valence-electron chi connectivity index (χ2n) is 1.99. The second kappa shape index (κ2) is 3.62. The molecule has 53 valence electrons. The molecule has 0 aliphatic rings. The Bertz CT molecular complexity index is 210. The van der Waals surface area contributed by atoms with Crippen LogP contribution in [-0.4, -0.2) is 10.7 Å². The van der Waals surface area contributed by atoms with Crippen molar-refractivity contribution in [3.63, 3.8) is 0 Å². The summed E-state index contributed by atoms with van der Waals surface area (Å²) < 4.78 is 0. The largest absolute Gasteiger partial charge is 0.261 e. The van der Waals surface area contributed by atoms with Crippen LogP contribution in [0.1, 0.15) is 12.6 Å². The average Bonchev–Trinajstić information content (AvgIpc) is 1.88. The normalized spacial score (nSPS) is 9.80. The van der Waals surface area contributed by atoms with Crippen molar-refractivity contribution in [1.29, 1.82) is 0 Å². The lowest BCUT2D eigenvalue weighted by molar-refractivity contribution is 1.15. The average molecular weight is 152 g/mol. The molecule has 0 aliphatic heterocycles. The molecule has 0 atom stereocenters. The van der Waals surface area contributed by atoms with Crippen molar-refractivity contribution in [3.8, 4) is 0 Å². The number of aromatic nitrogens is 1. The molecule has 10 heavy (non-hydrogen) atoms. The highest BCUT2D eigenvalue weighted by molar-refractivity contribution is 7.99. The molecule has 0 saturated carbocycles. The Labute approximate surface area is 65.9 Å². The molecule has 0 aromatic carbocycles. The zero-order chi connectivity index (χ0) is 7.40. The molecule has 1 rings (SSSR count). The van der Waals surface area contributed by atoms with Crippen LogP contribution >= 0.6 is 11.8 Å². The van der Waals surface area contributed by atoms with Gasteiger partial charge in [-0.15, -0.1) is 11.8 Å². The molecule has 1 aromatic heterocycles. The van der Waals surface area contributed by atoms with Gasteiger partial charge in [-0.2, -0.15) is 0 Å². The van der Waals surface area contributed by atoms with Crippen LogP contribution in [0.4, 0.5) is 0 Å². The first-order chi connectivity index (χ1) is 4.83. The van der Waals surface area contributed by atoms with Crippen molar-refractivity contribution in [3.05, 3.63) is 24.0 Å². The maximum atomic E-state index is 4.05. The minimum atomic E-state index is 1.06. The van der Waals surface area contributed by atoms with Gasteiger partial charge in [0.2, 0.25) is 0 Å². The Morgan fingerprint density at radius 3 is 3.10 bits per heavy atom. The molecule has 0 saturated heterocycles. The number of hydrogen-bond donors (Lipinski definition) is 0. The fourth-order valence-electron chi connectivity index (χ4n) is 0.705. The van der Waals surface area contributed by atoms with Crippen molar-refractivity contribution in [2.24, 2.45) is 0 Å². The summed E-state index contributed by atoms with van der Waals surface area (Å²) in [5.41, 5.74) is 1.06. The van der Waals surface area contributed by atoms with Gasteiger partial charge in [-0.1, -0.05) is 6.92 Å². The number of nitrogens with zero attached hydrogens (tertiary/aromatic N) is 1. The molecule has 0 aliphatic carbocycles. The summed E-state index contributed by atoms with van der Waals surface area (Å²) >= 11 is 1.79. The van der Waals surface area contributed by atoms with Crippen LogP contribution in [0.15, 0.2) is 17.2 Å². The van der Waals surface area contributed by atoms with Gasteiger partial charge in [0.15, 0.2) is 0 Å². The molecule has 0 bridgehead atoms. The summed E-state index contributed by atoms with van der Waals surface area (Å²) in [7, 11) is 0. The summed E-state index contributed by atoms with van der Waals surface area (Å²) in [5.74, 6) is 1.10. The summed E-state index contributed by atoms with van der Waals surface area (Å²) in [4.78, 5) is 5.24. The number of pyridine rings is 1. The smallest absolute Gasteiger partial charge is 0.0384 e. The van der Waals surface area contributed by atoms with E-state index in [1.54, 1.807) is 18.0 Å². The fourth-order valence-corrected chi connectivity index (χ4v) is 1.41. The van der Waals surface area contributed by atoms with E-state index in [0.29, 0.717) is 0 Å². The SMILES string of the molecule is CCSc1[c]cnc(C)c1. The third-order valence-electron chi connectivity index (χ3n) is 1.11. The van der Waals surface area contributed by atoms with Gasteiger partial charge in [0, 0.05) is 22.9 Å². The third-order valence-corrected chi connectivity index (χ3v) is 1.95. The Kier molecular flexibility index (Phi) is 2.75. The first-order valence-corrected chi connectivity index (χ1v) is 4.28. The Morgan fingerprint density at radius 2 is 2.50 bits per heavy atom. The van der Waals surface area contributed by atoms with Crippen LogP contribution in [0.5, 0.6) is 0 Å². The zero-order valence-electron chi connectivity index (χ0n) is 6.22. The predicted octanol–water partition coefficient (Wildman–Crippen LogP) is 2.30. The van der Waals surface area contributed by atoms with Crippen LogP contribution in [0, 0.1) is 13.0 Å². The highest BCUT2D eigenvalue weighted by atomic mass is 32.2. The number of hydrogen-bond acceptors (Lipinski definition) is 2. The van der Waals surface area contributed by atoms with Crippen molar-refractivity contribution in [2.75, 3.05) is 5.75 Å². The molecular formula is C8H10NS. The maximum Gasteiger partial charge on any atom is 0.0384 e. The molecule has 0 unspecified atom stereocenters. The summed E-state index contributed by atoms with van der Waals surface area (Å²) in [6.45, 7) is 4.13. The van der Waals surface area contributed by atoms with E-state index < -0.39 is 0 Å². The molecule has 1 radical (unpaired) electrons. The molecule has 0 spiro atoms. The fraction of sp³-hybridized carbons (Fsp3) is 0.375. The van der Waals surface area contributed by atoms with Gasteiger partial charge in [-0.25, -0.2) is 0 Å². The van der Waals surface area contributed by atoms with E-state index in [9.17, 15) is 0 Å². The van der Waals surface area contributed by atoms with E-state index >= 15 is 0 Å². The lowest BCUT2D eigenvalue weighted by atomic mass is 10.4. The zero-order valence-corrected chi connectivity index (χ0v) is 7.03. The number of thioether (sulfide) groups is 1. The topological polar surface area (TPSA) is 12.9 Å². The van der Waals surface area contributed by atoms with Crippen LogP contribution in [0.3, 0.4) is 0 Å². The van der Waals surface area contributed by atoms with Crippen LogP contribution < -0.4 is 0 Å². The van der Waals surface area contributed by atoms with Crippen molar-refractivity contribution in [2.45, 2.75) is 18.7 Å². The summed E-state index contributed by atoms with van der Waals surface area (Å²) in [6.07, 6.45) is 1.73. The van der Waals surface area contributed by atoms with Crippen LogP contribution in [0.2, 0.25) is 0 Å². The predicted molar refractivity (Wildman–Crippen MR) is 44.2 cm³/mol. The minimum absolute atomic E-state index is 1.06. The molecule has 1 nitrogen and oxygen atoms in total. The van der Waals surface area contributed by atoms with Gasteiger partial charge < -0.3 is 0 Å². The quantitative estimate of drug-likeness (QED) is 0.603. The number of aryl methyl sites for hydroxylation is 1. The lowest BCUT2D eigenvalue weighted by Gasteiger charge is -1.96. The lowest BCUT2D eigenvalue weighted by Crippen LogP contribution is -1.80. The van der Waals surface area contributed by atoms with Crippen molar-refractivity contribution in [1.82, 2.24) is 4.98 Å². The van der Waals surface area contributed by atoms with Gasteiger partial charge in [-0.05, 0) is 18.7 Å². The first kappa shape index (κ1) is 7.61. The van der Waals surface area contributed by atoms with Crippen molar-refractivity contribution < 1.29 is 0 Å². The molecule has 0 fully saturated rings. The monoisotopic (exact) mass is 152 g/mol. The molecule has 0 amide bonds. The van der Waals surface area contributed by atoms with E-state index in [1.807, 2.05) is 13.0 Å². The van der Waals surface area contributed by atoms with E-state index in [2.05, 4.69) is 18.0 Å². The highest BCUT2D eigenvalue weighted by Crippen LogP contribution is 2.15. The minimum Gasteiger partial charge on any atom is -0.261 e. The van der Waals surface area contributed by atoms with E-state index in [1.165, 1.54) is 4.90 Å². The first-order valence-electron chi connectivity index (χ1n) is 3.30. The maximum absolute atomic E-state index is 4.05. The molecule has 2 heteroatoms. The Morgan fingerprint density at radius 1 is 1.70 bits per heavy atom. The van der Waals surface area contributed by atoms with Gasteiger partial charge in [-0.3, -0.25) is 4.98 Å². The van der Waals surface area contributed by atoms with Gasteiger partial charge >= 0.3 is 0 Å². The second-order valence-corrected chi connectivity index (χ2v) is 3.29. The molecular weight excluding hydrogens is 142 g/mol. The van der Waals surface area contributed by atoms with Gasteiger partial charge in [0.25, 0.3) is 0 Å². The van der Waals surface area contributed by atoms with Crippen molar-refractivity contribution >= 4 is 11.8 Å². The van der Waals surface area contributed by atoms with E-state index in [-0.39, 0.29) is 0 Å². The van der Waals surface area contributed by atoms with Crippen LogP contribution in [0.25, 0.3) is 0 Å². The molecule has 0 N–H and O–H groups in total. The molecule has 1 heterocycles. The standard InChI is InChI=1S/C8H10NS/c1-3-10-8-4-5-9-7(2)6-8/h5-6H,3H2,1-2H3. The third kappa shape index (κ3) is 2.03. The Hall–Kier alpha value is -0.500.